The van der Waals surface area contributed by atoms with Crippen LogP contribution in [0.4, 0.5) is 4.39 Å². The number of carbonyl (C=O) groups is 1. The quantitative estimate of drug-likeness (QED) is 0.505. The molecule has 1 aliphatic rings. The van der Waals surface area contributed by atoms with Gasteiger partial charge in [0.15, 0.2) is 11.0 Å². The number of thioether (sulfide) groups is 1. The Balaban J connectivity index is 1.74. The Morgan fingerprint density at radius 2 is 1.75 bits per heavy atom. The highest BCUT2D eigenvalue weighted by atomic mass is 32.2. The van der Waals surface area contributed by atoms with E-state index in [4.69, 9.17) is 0 Å². The molecule has 176 valence electrons. The SMILES string of the molecule is CC(C)CCC(C)NC(=O)CSc1nnc(C(C)N2CCCCC2)n1-c1ccc(F)cc1. The number of likely N-dealkylation sites (tertiary alicyclic amines) is 1. The van der Waals surface area contributed by atoms with Gasteiger partial charge in [-0.05, 0) is 82.8 Å². The standard InChI is InChI=1S/C24H36FN5OS/c1-17(2)8-9-18(3)26-22(31)16-32-24-28-27-23(19(4)29-14-6-5-7-15-29)30(24)21-12-10-20(25)11-13-21/h10-13,17-19H,5-9,14-16H2,1-4H3,(H,26,31). The minimum atomic E-state index is -0.281. The minimum Gasteiger partial charge on any atom is -0.353 e. The maximum atomic E-state index is 13.6. The molecule has 1 aromatic carbocycles. The van der Waals surface area contributed by atoms with E-state index in [0.29, 0.717) is 11.1 Å². The number of aromatic nitrogens is 3. The van der Waals surface area contributed by atoms with Crippen molar-refractivity contribution in [2.75, 3.05) is 18.8 Å². The third-order valence-electron chi connectivity index (χ3n) is 5.97. The molecule has 1 fully saturated rings. The second-order valence-corrected chi connectivity index (χ2v) is 10.1. The van der Waals surface area contributed by atoms with Crippen LogP contribution in [-0.4, -0.2) is 50.5 Å². The third kappa shape index (κ3) is 6.78. The normalized spacial score (nSPS) is 16.8. The van der Waals surface area contributed by atoms with E-state index >= 15 is 0 Å². The molecule has 0 radical (unpaired) electrons. The van der Waals surface area contributed by atoms with Gasteiger partial charge in [0.1, 0.15) is 5.82 Å². The van der Waals surface area contributed by atoms with E-state index in [2.05, 4.69) is 41.2 Å². The average Bonchev–Trinajstić information content (AvgIpc) is 3.21. The van der Waals surface area contributed by atoms with Crippen LogP contribution in [-0.2, 0) is 4.79 Å². The number of rotatable bonds is 10. The fourth-order valence-electron chi connectivity index (χ4n) is 4.05. The number of carbonyl (C=O) groups excluding carboxylic acids is 1. The monoisotopic (exact) mass is 461 g/mol. The van der Waals surface area contributed by atoms with Crippen molar-refractivity contribution in [3.05, 3.63) is 35.9 Å². The summed E-state index contributed by atoms with van der Waals surface area (Å²) in [7, 11) is 0. The molecule has 0 spiro atoms. The van der Waals surface area contributed by atoms with Crippen molar-refractivity contribution in [2.24, 2.45) is 5.92 Å². The summed E-state index contributed by atoms with van der Waals surface area (Å²) in [6, 6.07) is 6.61. The highest BCUT2D eigenvalue weighted by molar-refractivity contribution is 7.99. The number of piperidine rings is 1. The molecule has 1 saturated heterocycles. The van der Waals surface area contributed by atoms with Crippen LogP contribution < -0.4 is 5.32 Å². The molecule has 1 amide bonds. The molecule has 32 heavy (non-hydrogen) atoms. The van der Waals surface area contributed by atoms with Crippen molar-refractivity contribution in [1.29, 1.82) is 0 Å². The van der Waals surface area contributed by atoms with Crippen molar-refractivity contribution in [1.82, 2.24) is 25.0 Å². The lowest BCUT2D eigenvalue weighted by atomic mass is 10.0. The van der Waals surface area contributed by atoms with E-state index in [1.807, 2.05) is 11.5 Å². The van der Waals surface area contributed by atoms with Gasteiger partial charge in [0.2, 0.25) is 5.91 Å². The molecule has 1 aromatic heterocycles. The molecule has 0 aliphatic carbocycles. The fourth-order valence-corrected chi connectivity index (χ4v) is 4.82. The van der Waals surface area contributed by atoms with Gasteiger partial charge < -0.3 is 5.32 Å². The number of nitrogens with one attached hydrogen (secondary N) is 1. The van der Waals surface area contributed by atoms with Gasteiger partial charge in [-0.25, -0.2) is 4.39 Å². The van der Waals surface area contributed by atoms with Crippen molar-refractivity contribution >= 4 is 17.7 Å². The van der Waals surface area contributed by atoms with E-state index in [1.165, 1.54) is 43.2 Å². The van der Waals surface area contributed by atoms with Gasteiger partial charge in [-0.2, -0.15) is 0 Å². The summed E-state index contributed by atoms with van der Waals surface area (Å²) < 4.78 is 15.5. The van der Waals surface area contributed by atoms with Gasteiger partial charge in [0.25, 0.3) is 0 Å². The van der Waals surface area contributed by atoms with E-state index in [9.17, 15) is 9.18 Å². The molecule has 3 rings (SSSR count). The fraction of sp³-hybridized carbons (Fsp3) is 0.625. The van der Waals surface area contributed by atoms with Crippen molar-refractivity contribution < 1.29 is 9.18 Å². The van der Waals surface area contributed by atoms with Crippen LogP contribution in [0.25, 0.3) is 5.69 Å². The second kappa shape index (κ2) is 11.8. The van der Waals surface area contributed by atoms with Gasteiger partial charge in [-0.1, -0.05) is 32.0 Å². The van der Waals surface area contributed by atoms with Crippen LogP contribution >= 0.6 is 11.8 Å². The summed E-state index contributed by atoms with van der Waals surface area (Å²) in [5.41, 5.74) is 0.809. The molecule has 1 N–H and O–H groups in total. The lowest BCUT2D eigenvalue weighted by Gasteiger charge is -2.31. The zero-order valence-corrected chi connectivity index (χ0v) is 20.5. The Bertz CT molecular complexity index is 864. The molecular formula is C24H36FN5OS. The maximum Gasteiger partial charge on any atom is 0.230 e. The topological polar surface area (TPSA) is 63.1 Å². The highest BCUT2D eigenvalue weighted by Gasteiger charge is 2.26. The predicted octanol–water partition coefficient (Wildman–Crippen LogP) is 4.99. The van der Waals surface area contributed by atoms with E-state index in [-0.39, 0.29) is 29.6 Å². The zero-order chi connectivity index (χ0) is 23.1. The van der Waals surface area contributed by atoms with Crippen molar-refractivity contribution in [3.63, 3.8) is 0 Å². The summed E-state index contributed by atoms with van der Waals surface area (Å²) >= 11 is 1.37. The number of hydrogen-bond acceptors (Lipinski definition) is 5. The van der Waals surface area contributed by atoms with E-state index < -0.39 is 0 Å². The molecule has 2 unspecified atom stereocenters. The highest BCUT2D eigenvalue weighted by Crippen LogP contribution is 2.29. The van der Waals surface area contributed by atoms with Crippen LogP contribution in [0.5, 0.6) is 0 Å². The Labute approximate surface area is 195 Å². The summed E-state index contributed by atoms with van der Waals surface area (Å²) in [4.78, 5) is 14.9. The van der Waals surface area contributed by atoms with Gasteiger partial charge in [-0.15, -0.1) is 10.2 Å². The van der Waals surface area contributed by atoms with Gasteiger partial charge in [-0.3, -0.25) is 14.3 Å². The van der Waals surface area contributed by atoms with Crippen LogP contribution in [0.2, 0.25) is 0 Å². The average molecular weight is 462 g/mol. The van der Waals surface area contributed by atoms with E-state index in [0.717, 1.165) is 37.4 Å². The first-order chi connectivity index (χ1) is 15.3. The zero-order valence-electron chi connectivity index (χ0n) is 19.7. The first kappa shape index (κ1) is 24.7. The molecule has 2 aromatic rings. The molecular weight excluding hydrogens is 425 g/mol. The van der Waals surface area contributed by atoms with Crippen LogP contribution in [0, 0.1) is 11.7 Å². The summed E-state index contributed by atoms with van der Waals surface area (Å²) in [6.45, 7) is 10.6. The number of amides is 1. The molecule has 0 bridgehead atoms. The smallest absolute Gasteiger partial charge is 0.230 e. The first-order valence-electron chi connectivity index (χ1n) is 11.7. The number of benzene rings is 1. The Hall–Kier alpha value is -1.93. The third-order valence-corrected chi connectivity index (χ3v) is 6.90. The number of nitrogens with zero attached hydrogens (tertiary/aromatic N) is 4. The van der Waals surface area contributed by atoms with Crippen LogP contribution in [0.15, 0.2) is 29.4 Å². The Morgan fingerprint density at radius 3 is 2.41 bits per heavy atom. The first-order valence-corrected chi connectivity index (χ1v) is 12.7. The van der Waals surface area contributed by atoms with Crippen LogP contribution in [0.3, 0.4) is 0 Å². The maximum absolute atomic E-state index is 13.6. The van der Waals surface area contributed by atoms with E-state index in [1.54, 1.807) is 12.1 Å². The van der Waals surface area contributed by atoms with Gasteiger partial charge >= 0.3 is 0 Å². The summed E-state index contributed by atoms with van der Waals surface area (Å²) in [5, 5.41) is 12.7. The van der Waals surface area contributed by atoms with Crippen LogP contribution in [0.1, 0.15) is 71.7 Å². The molecule has 6 nitrogen and oxygen atoms in total. The largest absolute Gasteiger partial charge is 0.353 e. The predicted molar refractivity (Wildman–Crippen MR) is 128 cm³/mol. The number of halogens is 1. The minimum absolute atomic E-state index is 0.00876. The Kier molecular flexibility index (Phi) is 9.11. The molecule has 0 saturated carbocycles. The lowest BCUT2D eigenvalue weighted by molar-refractivity contribution is -0.119. The summed E-state index contributed by atoms with van der Waals surface area (Å²) in [6.07, 6.45) is 5.69. The molecule has 2 atom stereocenters. The molecule has 1 aliphatic heterocycles. The lowest BCUT2D eigenvalue weighted by Crippen LogP contribution is -2.34. The molecule has 2 heterocycles. The second-order valence-electron chi connectivity index (χ2n) is 9.15. The summed E-state index contributed by atoms with van der Waals surface area (Å²) in [5.74, 6) is 1.43. The van der Waals surface area contributed by atoms with Crippen molar-refractivity contribution in [3.8, 4) is 5.69 Å². The van der Waals surface area contributed by atoms with Gasteiger partial charge in [0.05, 0.1) is 11.8 Å². The molecule has 8 heteroatoms. The van der Waals surface area contributed by atoms with Crippen molar-refractivity contribution in [2.45, 2.75) is 77.0 Å². The number of hydrogen-bond donors (Lipinski definition) is 1. The Morgan fingerprint density at radius 1 is 1.06 bits per heavy atom. The van der Waals surface area contributed by atoms with Gasteiger partial charge in [0, 0.05) is 11.7 Å².